The van der Waals surface area contributed by atoms with Gasteiger partial charge < -0.3 is 4.80 Å². The molecular formula is C16H25F3OSi. The van der Waals surface area contributed by atoms with Crippen LogP contribution >= 0.6 is 0 Å². The van der Waals surface area contributed by atoms with Crippen LogP contribution in [0.25, 0.3) is 0 Å². The lowest BCUT2D eigenvalue weighted by Gasteiger charge is -2.33. The summed E-state index contributed by atoms with van der Waals surface area (Å²) < 4.78 is 39.1. The molecule has 0 bridgehead atoms. The van der Waals surface area contributed by atoms with E-state index >= 15 is 0 Å². The minimum absolute atomic E-state index is 0.290. The molecule has 0 heterocycles. The molecule has 0 unspecified atom stereocenters. The minimum Gasteiger partial charge on any atom is -0.431 e. The Morgan fingerprint density at radius 1 is 0.952 bits per heavy atom. The van der Waals surface area contributed by atoms with Crippen molar-refractivity contribution >= 4 is 8.32 Å². The van der Waals surface area contributed by atoms with Crippen LogP contribution < -0.4 is 0 Å². The summed E-state index contributed by atoms with van der Waals surface area (Å²) in [5.74, 6) is -3.69. The van der Waals surface area contributed by atoms with Gasteiger partial charge in [-0.05, 0) is 47.7 Å². The smallest absolute Gasteiger partial charge is 0.194 e. The van der Waals surface area contributed by atoms with Crippen molar-refractivity contribution in [3.8, 4) is 0 Å². The molecular weight excluding hydrogens is 293 g/mol. The van der Waals surface area contributed by atoms with Crippen LogP contribution in [0.5, 0.6) is 0 Å². The van der Waals surface area contributed by atoms with Crippen LogP contribution in [0, 0.1) is 17.5 Å². The fourth-order valence-electron chi connectivity index (χ4n) is 2.73. The molecule has 120 valence electrons. The van der Waals surface area contributed by atoms with E-state index in [0.717, 1.165) is 31.0 Å². The van der Waals surface area contributed by atoms with Crippen LogP contribution in [0.2, 0.25) is 17.1 Å². The van der Waals surface area contributed by atoms with Crippen molar-refractivity contribution in [3.05, 3.63) is 35.1 Å². The molecule has 21 heavy (non-hydrogen) atoms. The van der Waals surface area contributed by atoms with Gasteiger partial charge in [0.2, 0.25) is 0 Å². The topological polar surface area (TPSA) is 20.2 Å². The van der Waals surface area contributed by atoms with Crippen molar-refractivity contribution in [1.29, 1.82) is 0 Å². The molecule has 1 N–H and O–H groups in total. The Hall–Kier alpha value is -0.813. The highest BCUT2D eigenvalue weighted by molar-refractivity contribution is 6.75. The third kappa shape index (κ3) is 4.58. The number of aryl methyl sites for hydroxylation is 1. The van der Waals surface area contributed by atoms with Gasteiger partial charge in [-0.25, -0.2) is 13.2 Å². The lowest BCUT2D eigenvalue weighted by molar-refractivity contribution is 0.444. The summed E-state index contributed by atoms with van der Waals surface area (Å²) in [5.41, 5.74) is 1.04. The standard InChI is InChI=1S/C16H25F3OSi/c1-11(2)21(20,12(3)4)8-6-5-7-13-9-14(17)16(19)15(18)10-13/h9-12,20H,5-8H2,1-4H3. The monoisotopic (exact) mass is 318 g/mol. The molecule has 0 atom stereocenters. The summed E-state index contributed by atoms with van der Waals surface area (Å²) in [4.78, 5) is 10.8. The van der Waals surface area contributed by atoms with Gasteiger partial charge in [0.05, 0.1) is 0 Å². The second kappa shape index (κ2) is 7.45. The van der Waals surface area contributed by atoms with E-state index in [-0.39, 0.29) is 0 Å². The maximum absolute atomic E-state index is 13.1. The first-order chi connectivity index (χ1) is 9.68. The first-order valence-corrected chi connectivity index (χ1v) is 9.85. The van der Waals surface area contributed by atoms with Gasteiger partial charge in [-0.1, -0.05) is 34.1 Å². The predicted molar refractivity (Wildman–Crippen MR) is 82.2 cm³/mol. The van der Waals surface area contributed by atoms with Gasteiger partial charge in [0.1, 0.15) is 0 Å². The second-order valence-electron chi connectivity index (χ2n) is 6.38. The molecule has 0 saturated carbocycles. The van der Waals surface area contributed by atoms with E-state index in [1.165, 1.54) is 0 Å². The molecule has 0 saturated heterocycles. The maximum Gasteiger partial charge on any atom is 0.194 e. The van der Waals surface area contributed by atoms with E-state index in [1.807, 2.05) is 0 Å². The Bertz CT molecular complexity index is 444. The molecule has 0 fully saturated rings. The summed E-state index contributed by atoms with van der Waals surface area (Å²) in [6, 6.07) is 2.88. The van der Waals surface area contributed by atoms with Crippen LogP contribution in [0.1, 0.15) is 46.1 Å². The van der Waals surface area contributed by atoms with Gasteiger partial charge in [-0.2, -0.15) is 0 Å². The zero-order valence-corrected chi connectivity index (χ0v) is 14.2. The van der Waals surface area contributed by atoms with Gasteiger partial charge in [0.15, 0.2) is 25.8 Å². The summed E-state index contributed by atoms with van der Waals surface area (Å²) in [5, 5.41) is 0. The van der Waals surface area contributed by atoms with E-state index in [1.54, 1.807) is 0 Å². The van der Waals surface area contributed by atoms with Crippen molar-refractivity contribution < 1.29 is 18.0 Å². The Labute approximate surface area is 126 Å². The molecule has 0 spiro atoms. The van der Waals surface area contributed by atoms with Gasteiger partial charge >= 0.3 is 0 Å². The zero-order valence-electron chi connectivity index (χ0n) is 13.2. The van der Waals surface area contributed by atoms with Crippen LogP contribution in [0.3, 0.4) is 0 Å². The lowest BCUT2D eigenvalue weighted by Crippen LogP contribution is -2.41. The molecule has 0 aromatic heterocycles. The fourth-order valence-corrected chi connectivity index (χ4v) is 6.04. The molecule has 0 amide bonds. The highest BCUT2D eigenvalue weighted by atomic mass is 28.4. The Morgan fingerprint density at radius 3 is 1.86 bits per heavy atom. The predicted octanol–water partition coefficient (Wildman–Crippen LogP) is 5.18. The average molecular weight is 318 g/mol. The largest absolute Gasteiger partial charge is 0.431 e. The summed E-state index contributed by atoms with van der Waals surface area (Å²) in [6.45, 7) is 8.21. The van der Waals surface area contributed by atoms with E-state index in [0.29, 0.717) is 23.1 Å². The van der Waals surface area contributed by atoms with Crippen LogP contribution in [0.4, 0.5) is 13.2 Å². The third-order valence-electron chi connectivity index (χ3n) is 4.34. The van der Waals surface area contributed by atoms with Crippen LogP contribution in [-0.2, 0) is 6.42 Å². The number of hydrogen-bond donors (Lipinski definition) is 1. The SMILES string of the molecule is CC(C)[Si](O)(CCCCc1cc(F)c(F)c(F)c1)C(C)C. The van der Waals surface area contributed by atoms with Crippen LogP contribution in [-0.4, -0.2) is 13.1 Å². The number of hydrogen-bond acceptors (Lipinski definition) is 1. The number of benzene rings is 1. The van der Waals surface area contributed by atoms with E-state index < -0.39 is 25.8 Å². The number of rotatable bonds is 7. The molecule has 1 aromatic rings. The van der Waals surface area contributed by atoms with Gasteiger partial charge in [0, 0.05) is 0 Å². The van der Waals surface area contributed by atoms with E-state index in [9.17, 15) is 18.0 Å². The van der Waals surface area contributed by atoms with Crippen molar-refractivity contribution in [1.82, 2.24) is 0 Å². The third-order valence-corrected chi connectivity index (χ3v) is 9.49. The normalized spacial score (nSPS) is 12.5. The van der Waals surface area contributed by atoms with Gasteiger partial charge in [-0.15, -0.1) is 0 Å². The molecule has 0 aliphatic rings. The lowest BCUT2D eigenvalue weighted by atomic mass is 10.1. The number of unbranched alkanes of at least 4 members (excludes halogenated alkanes) is 1. The van der Waals surface area contributed by atoms with E-state index in [2.05, 4.69) is 27.7 Å². The van der Waals surface area contributed by atoms with Crippen molar-refractivity contribution in [2.24, 2.45) is 0 Å². The highest BCUT2D eigenvalue weighted by Gasteiger charge is 2.37. The zero-order chi connectivity index (χ0) is 16.2. The summed E-state index contributed by atoms with van der Waals surface area (Å²) in [6.07, 6.45) is 2.05. The fraction of sp³-hybridized carbons (Fsp3) is 0.625. The van der Waals surface area contributed by atoms with Crippen molar-refractivity contribution in [2.75, 3.05) is 0 Å². The highest BCUT2D eigenvalue weighted by Crippen LogP contribution is 2.34. The van der Waals surface area contributed by atoms with E-state index in [4.69, 9.17) is 0 Å². The molecule has 0 radical (unpaired) electrons. The van der Waals surface area contributed by atoms with Gasteiger partial charge in [0.25, 0.3) is 0 Å². The first kappa shape index (κ1) is 18.2. The molecule has 0 aliphatic heterocycles. The molecule has 1 aromatic carbocycles. The first-order valence-electron chi connectivity index (χ1n) is 7.54. The van der Waals surface area contributed by atoms with Gasteiger partial charge in [-0.3, -0.25) is 0 Å². The second-order valence-corrected chi connectivity index (χ2v) is 11.2. The Morgan fingerprint density at radius 2 is 1.43 bits per heavy atom. The van der Waals surface area contributed by atoms with Crippen LogP contribution in [0.15, 0.2) is 12.1 Å². The quantitative estimate of drug-likeness (QED) is 0.417. The molecule has 5 heteroatoms. The average Bonchev–Trinajstić information content (AvgIpc) is 2.40. The number of halogens is 3. The van der Waals surface area contributed by atoms with Crippen molar-refractivity contribution in [2.45, 2.75) is 64.1 Å². The molecule has 0 aliphatic carbocycles. The Balaban J connectivity index is 2.55. The summed E-state index contributed by atoms with van der Waals surface area (Å²) in [7, 11) is -2.28. The minimum atomic E-state index is -2.28. The van der Waals surface area contributed by atoms with Crippen molar-refractivity contribution in [3.63, 3.8) is 0 Å². The maximum atomic E-state index is 13.1. The molecule has 1 nitrogen and oxygen atoms in total. The summed E-state index contributed by atoms with van der Waals surface area (Å²) >= 11 is 0. The Kier molecular flexibility index (Phi) is 6.47. The molecule has 1 rings (SSSR count).